The molecule has 136 valence electrons. The van der Waals surface area contributed by atoms with Gasteiger partial charge < -0.3 is 0 Å². The molecule has 0 bridgehead atoms. The molecule has 4 nitrogen and oxygen atoms in total. The molecule has 0 aliphatic heterocycles. The monoisotopic (exact) mass is 344 g/mol. The summed E-state index contributed by atoms with van der Waals surface area (Å²) in [5.74, 6) is 0.100. The average molecular weight is 344 g/mol. The molecule has 4 heteroatoms. The molecule has 4 aliphatic carbocycles. The fraction of sp³-hybridized carbons (Fsp3) is 0.810. The fourth-order valence-corrected chi connectivity index (χ4v) is 7.15. The van der Waals surface area contributed by atoms with Crippen LogP contribution in [-0.2, 0) is 19.2 Å². The van der Waals surface area contributed by atoms with Gasteiger partial charge in [-0.3, -0.25) is 19.2 Å². The van der Waals surface area contributed by atoms with E-state index in [4.69, 9.17) is 0 Å². The van der Waals surface area contributed by atoms with E-state index in [1.54, 1.807) is 6.92 Å². The largest absolute Gasteiger partial charge is 0.300 e. The highest BCUT2D eigenvalue weighted by Crippen LogP contribution is 2.64. The minimum atomic E-state index is -0.705. The lowest BCUT2D eigenvalue weighted by Gasteiger charge is -2.57. The van der Waals surface area contributed by atoms with E-state index in [9.17, 15) is 19.2 Å². The highest BCUT2D eigenvalue weighted by Gasteiger charge is 2.67. The standard InChI is InChI=1S/C21H28O4/c1-11(22)13-7-8-14-19-15(10-18(25)21(13,14)3)20(2)12(9-16(19)23)5-4-6-17(20)24/h12-15,19H,4-10H2,1-3H3/t12-,13?,14?,15?,19?,20?,21?/m1/s1. The average Bonchev–Trinajstić information content (AvgIpc) is 2.90. The van der Waals surface area contributed by atoms with Crippen molar-refractivity contribution in [1.82, 2.24) is 0 Å². The quantitative estimate of drug-likeness (QED) is 0.733. The van der Waals surface area contributed by atoms with Crippen molar-refractivity contribution in [2.45, 2.75) is 65.7 Å². The zero-order valence-corrected chi connectivity index (χ0v) is 15.5. The molecular formula is C21H28O4. The fourth-order valence-electron chi connectivity index (χ4n) is 7.15. The third-order valence-electron chi connectivity index (χ3n) is 8.62. The Morgan fingerprint density at radius 2 is 1.64 bits per heavy atom. The van der Waals surface area contributed by atoms with Crippen LogP contribution in [0.3, 0.4) is 0 Å². The maximum Gasteiger partial charge on any atom is 0.140 e. The Morgan fingerprint density at radius 3 is 2.32 bits per heavy atom. The van der Waals surface area contributed by atoms with Gasteiger partial charge in [-0.25, -0.2) is 0 Å². The van der Waals surface area contributed by atoms with E-state index in [1.807, 2.05) is 13.8 Å². The molecule has 0 spiro atoms. The normalized spacial score (nSPS) is 49.4. The summed E-state index contributed by atoms with van der Waals surface area (Å²) in [6, 6.07) is 0. The van der Waals surface area contributed by atoms with Crippen molar-refractivity contribution in [3.05, 3.63) is 0 Å². The van der Waals surface area contributed by atoms with Gasteiger partial charge in [-0.05, 0) is 50.4 Å². The van der Waals surface area contributed by atoms with Gasteiger partial charge in [0.05, 0.1) is 0 Å². The third kappa shape index (κ3) is 2.00. The molecule has 0 aromatic carbocycles. The van der Waals surface area contributed by atoms with Crippen LogP contribution >= 0.6 is 0 Å². The molecular weight excluding hydrogens is 316 g/mol. The van der Waals surface area contributed by atoms with Crippen molar-refractivity contribution < 1.29 is 19.2 Å². The van der Waals surface area contributed by atoms with Gasteiger partial charge in [-0.15, -0.1) is 0 Å². The summed E-state index contributed by atoms with van der Waals surface area (Å²) in [7, 11) is 0. The molecule has 0 aromatic heterocycles. The summed E-state index contributed by atoms with van der Waals surface area (Å²) >= 11 is 0. The number of carbonyl (C=O) groups is 4. The molecule has 0 saturated heterocycles. The van der Waals surface area contributed by atoms with E-state index in [-0.39, 0.29) is 52.7 Å². The molecule has 0 heterocycles. The molecule has 4 fully saturated rings. The zero-order chi connectivity index (χ0) is 18.1. The Morgan fingerprint density at radius 1 is 0.920 bits per heavy atom. The predicted molar refractivity (Wildman–Crippen MR) is 91.7 cm³/mol. The lowest BCUT2D eigenvalue weighted by Crippen LogP contribution is -2.61. The molecule has 0 amide bonds. The van der Waals surface area contributed by atoms with E-state index in [2.05, 4.69) is 0 Å². The summed E-state index contributed by atoms with van der Waals surface area (Å²) in [6.45, 7) is 5.51. The zero-order valence-electron chi connectivity index (χ0n) is 15.5. The molecule has 4 saturated carbocycles. The highest BCUT2D eigenvalue weighted by atomic mass is 16.1. The predicted octanol–water partition coefficient (Wildman–Crippen LogP) is 3.16. The molecule has 7 atom stereocenters. The first-order chi connectivity index (χ1) is 11.7. The van der Waals surface area contributed by atoms with Crippen LogP contribution < -0.4 is 0 Å². The number of hydrogen-bond donors (Lipinski definition) is 0. The number of rotatable bonds is 1. The molecule has 0 aromatic rings. The lowest BCUT2D eigenvalue weighted by atomic mass is 9.44. The second-order valence-electron chi connectivity index (χ2n) is 9.35. The van der Waals surface area contributed by atoms with Crippen LogP contribution in [0.4, 0.5) is 0 Å². The topological polar surface area (TPSA) is 68.3 Å². The summed E-state index contributed by atoms with van der Waals surface area (Å²) in [5.41, 5.74) is -1.23. The van der Waals surface area contributed by atoms with Gasteiger partial charge in [0.15, 0.2) is 0 Å². The summed E-state index contributed by atoms with van der Waals surface area (Å²) in [5, 5.41) is 0. The van der Waals surface area contributed by atoms with Crippen LogP contribution in [0.2, 0.25) is 0 Å². The summed E-state index contributed by atoms with van der Waals surface area (Å²) in [6.07, 6.45) is 4.60. The van der Waals surface area contributed by atoms with Crippen molar-refractivity contribution in [1.29, 1.82) is 0 Å². The van der Waals surface area contributed by atoms with Crippen molar-refractivity contribution in [2.24, 2.45) is 40.4 Å². The number of hydrogen-bond acceptors (Lipinski definition) is 4. The Hall–Kier alpha value is -1.32. The van der Waals surface area contributed by atoms with Gasteiger partial charge in [0.25, 0.3) is 0 Å². The Labute approximate surface area is 149 Å². The maximum atomic E-state index is 13.2. The Kier molecular flexibility index (Phi) is 3.66. The van der Waals surface area contributed by atoms with Gasteiger partial charge in [-0.2, -0.15) is 0 Å². The lowest BCUT2D eigenvalue weighted by molar-refractivity contribution is -0.170. The van der Waals surface area contributed by atoms with E-state index in [0.29, 0.717) is 25.7 Å². The smallest absolute Gasteiger partial charge is 0.140 e. The molecule has 25 heavy (non-hydrogen) atoms. The molecule has 6 unspecified atom stereocenters. The molecule has 4 aliphatic rings. The SMILES string of the molecule is CC(=O)C1CCC2C3C(=O)C[C@H]4CCCC(=O)C4(C)C3CC(=O)C12C. The highest BCUT2D eigenvalue weighted by molar-refractivity contribution is 5.98. The van der Waals surface area contributed by atoms with E-state index < -0.39 is 10.8 Å². The van der Waals surface area contributed by atoms with Gasteiger partial charge in [0.2, 0.25) is 0 Å². The van der Waals surface area contributed by atoms with Crippen LogP contribution in [0, 0.1) is 40.4 Å². The minimum absolute atomic E-state index is 0.0624. The first kappa shape index (κ1) is 17.1. The Bertz CT molecular complexity index is 679. The second-order valence-corrected chi connectivity index (χ2v) is 9.35. The van der Waals surface area contributed by atoms with Crippen molar-refractivity contribution in [3.8, 4) is 0 Å². The number of ketones is 4. The van der Waals surface area contributed by atoms with Gasteiger partial charge in [-0.1, -0.05) is 13.8 Å². The van der Waals surface area contributed by atoms with Gasteiger partial charge in [0, 0.05) is 41.9 Å². The van der Waals surface area contributed by atoms with Crippen LogP contribution in [-0.4, -0.2) is 23.1 Å². The van der Waals surface area contributed by atoms with E-state index in [1.165, 1.54) is 0 Å². The van der Waals surface area contributed by atoms with Crippen LogP contribution in [0.5, 0.6) is 0 Å². The van der Waals surface area contributed by atoms with Gasteiger partial charge in [0.1, 0.15) is 23.1 Å². The van der Waals surface area contributed by atoms with Crippen LogP contribution in [0.1, 0.15) is 65.7 Å². The van der Waals surface area contributed by atoms with Crippen molar-refractivity contribution >= 4 is 23.1 Å². The molecule has 0 N–H and O–H groups in total. The first-order valence-corrected chi connectivity index (χ1v) is 9.82. The first-order valence-electron chi connectivity index (χ1n) is 9.82. The van der Waals surface area contributed by atoms with Crippen molar-refractivity contribution in [2.75, 3.05) is 0 Å². The van der Waals surface area contributed by atoms with Crippen molar-refractivity contribution in [3.63, 3.8) is 0 Å². The van der Waals surface area contributed by atoms with Crippen LogP contribution in [0.25, 0.3) is 0 Å². The number of fused-ring (bicyclic) bond motifs is 5. The summed E-state index contributed by atoms with van der Waals surface area (Å²) < 4.78 is 0. The maximum absolute atomic E-state index is 13.2. The second kappa shape index (κ2) is 5.34. The van der Waals surface area contributed by atoms with Gasteiger partial charge >= 0.3 is 0 Å². The summed E-state index contributed by atoms with van der Waals surface area (Å²) in [4.78, 5) is 51.3. The molecule has 0 radical (unpaired) electrons. The number of Topliss-reactive ketones (excluding diaryl/α,β-unsaturated/α-hetero) is 4. The van der Waals surface area contributed by atoms with E-state index in [0.717, 1.165) is 19.3 Å². The van der Waals surface area contributed by atoms with E-state index >= 15 is 0 Å². The number of carbonyl (C=O) groups excluding carboxylic acids is 4. The van der Waals surface area contributed by atoms with Crippen LogP contribution in [0.15, 0.2) is 0 Å². The molecule has 4 rings (SSSR count). The third-order valence-corrected chi connectivity index (χ3v) is 8.62. The minimum Gasteiger partial charge on any atom is -0.300 e. The Balaban J connectivity index is 1.79.